The van der Waals surface area contributed by atoms with Gasteiger partial charge in [0.15, 0.2) is 0 Å². The summed E-state index contributed by atoms with van der Waals surface area (Å²) in [5.41, 5.74) is 0.00550. The number of nitrogens with zero attached hydrogens (tertiary/aromatic N) is 4. The lowest BCUT2D eigenvalue weighted by molar-refractivity contribution is 0.332. The molecule has 1 aromatic heterocycles. The van der Waals surface area contributed by atoms with Crippen LogP contribution in [0, 0.1) is 11.8 Å². The molecule has 0 aromatic carbocycles. The van der Waals surface area contributed by atoms with E-state index in [2.05, 4.69) is 39.0 Å². The summed E-state index contributed by atoms with van der Waals surface area (Å²) in [6.45, 7) is 7.54. The number of hydrogen-bond acceptors (Lipinski definition) is 7. The van der Waals surface area contributed by atoms with Crippen LogP contribution in [-0.4, -0.2) is 54.3 Å². The average molecular weight is 279 g/mol. The molecule has 0 bridgehead atoms. The molecule has 2 aliphatic heterocycles. The number of hydrogen-bond donors (Lipinski definition) is 1. The Bertz CT molecular complexity index is 485. The Hall–Kier alpha value is -1.63. The summed E-state index contributed by atoms with van der Waals surface area (Å²) in [5.74, 6) is 1.88. The molecule has 0 aliphatic carbocycles. The Labute approximate surface area is 118 Å². The summed E-state index contributed by atoms with van der Waals surface area (Å²) in [4.78, 5) is 15.1. The largest absolute Gasteiger partial charge is 0.467 e. The van der Waals surface area contributed by atoms with Gasteiger partial charge in [-0.2, -0.15) is 9.97 Å². The van der Waals surface area contributed by atoms with E-state index in [-0.39, 0.29) is 17.6 Å². The van der Waals surface area contributed by atoms with Crippen LogP contribution in [-0.2, 0) is 0 Å². The van der Waals surface area contributed by atoms with Gasteiger partial charge < -0.3 is 19.7 Å². The minimum absolute atomic E-state index is 0.00550. The van der Waals surface area contributed by atoms with Crippen molar-refractivity contribution in [3.05, 3.63) is 0 Å². The van der Waals surface area contributed by atoms with Gasteiger partial charge in [0.25, 0.3) is 0 Å². The van der Waals surface area contributed by atoms with Crippen LogP contribution in [0.15, 0.2) is 0 Å². The van der Waals surface area contributed by atoms with E-state index in [1.165, 1.54) is 0 Å². The van der Waals surface area contributed by atoms with E-state index in [4.69, 9.17) is 9.47 Å². The minimum atomic E-state index is 0.00550. The molecule has 2 fully saturated rings. The van der Waals surface area contributed by atoms with Crippen LogP contribution in [0.25, 0.3) is 0 Å². The molecule has 3 heterocycles. The third-order valence-corrected chi connectivity index (χ3v) is 4.55. The van der Waals surface area contributed by atoms with Crippen LogP contribution in [0.5, 0.6) is 12.0 Å². The highest BCUT2D eigenvalue weighted by Crippen LogP contribution is 2.42. The molecule has 1 aromatic rings. The fourth-order valence-corrected chi connectivity index (χ4v) is 3.39. The van der Waals surface area contributed by atoms with Gasteiger partial charge in [-0.25, -0.2) is 0 Å². The van der Waals surface area contributed by atoms with Crippen molar-refractivity contribution in [3.63, 3.8) is 0 Å². The van der Waals surface area contributed by atoms with Crippen LogP contribution in [0.2, 0.25) is 0 Å². The van der Waals surface area contributed by atoms with E-state index < -0.39 is 0 Å². The van der Waals surface area contributed by atoms with Crippen molar-refractivity contribution in [1.29, 1.82) is 0 Å². The fourth-order valence-electron chi connectivity index (χ4n) is 3.39. The Kier molecular flexibility index (Phi) is 3.16. The van der Waals surface area contributed by atoms with Crippen molar-refractivity contribution < 1.29 is 9.47 Å². The molecule has 1 N–H and O–H groups in total. The quantitative estimate of drug-likeness (QED) is 0.854. The van der Waals surface area contributed by atoms with Gasteiger partial charge in [0, 0.05) is 25.2 Å². The highest BCUT2D eigenvalue weighted by Gasteiger charge is 2.50. The maximum absolute atomic E-state index is 5.14. The molecule has 2 saturated heterocycles. The lowest BCUT2D eigenvalue weighted by Crippen LogP contribution is -2.45. The van der Waals surface area contributed by atoms with Gasteiger partial charge in [-0.3, -0.25) is 0 Å². The molecule has 2 aliphatic rings. The van der Waals surface area contributed by atoms with Gasteiger partial charge >= 0.3 is 12.0 Å². The first kappa shape index (κ1) is 13.4. The van der Waals surface area contributed by atoms with Crippen LogP contribution in [0.3, 0.4) is 0 Å². The molecule has 2 unspecified atom stereocenters. The molecule has 3 rings (SSSR count). The zero-order valence-corrected chi connectivity index (χ0v) is 12.4. The number of anilines is 1. The highest BCUT2D eigenvalue weighted by molar-refractivity contribution is 5.40. The third kappa shape index (κ3) is 1.96. The lowest BCUT2D eigenvalue weighted by atomic mass is 9.85. The lowest BCUT2D eigenvalue weighted by Gasteiger charge is -2.35. The van der Waals surface area contributed by atoms with Crippen molar-refractivity contribution in [1.82, 2.24) is 20.3 Å². The molecular formula is C13H21N5O2. The summed E-state index contributed by atoms with van der Waals surface area (Å²) in [7, 11) is 3.10. The minimum Gasteiger partial charge on any atom is -0.467 e. The first-order chi connectivity index (χ1) is 9.56. The van der Waals surface area contributed by atoms with E-state index in [0.29, 0.717) is 17.8 Å². The molecule has 7 heteroatoms. The van der Waals surface area contributed by atoms with Gasteiger partial charge in [0.2, 0.25) is 5.95 Å². The second-order valence-corrected chi connectivity index (χ2v) is 5.90. The van der Waals surface area contributed by atoms with Crippen molar-refractivity contribution in [2.24, 2.45) is 11.8 Å². The predicted octanol–water partition coefficient (Wildman–Crippen LogP) is 0.323. The monoisotopic (exact) mass is 279 g/mol. The summed E-state index contributed by atoms with van der Waals surface area (Å²) in [6, 6.07) is 0.579. The van der Waals surface area contributed by atoms with Gasteiger partial charge in [-0.05, 0) is 25.7 Å². The fraction of sp³-hybridized carbons (Fsp3) is 0.769. The Morgan fingerprint density at radius 2 is 1.75 bits per heavy atom. The first-order valence-electron chi connectivity index (χ1n) is 6.88. The Morgan fingerprint density at radius 3 is 2.30 bits per heavy atom. The van der Waals surface area contributed by atoms with E-state index in [0.717, 1.165) is 19.6 Å². The second-order valence-electron chi connectivity index (χ2n) is 5.90. The third-order valence-electron chi connectivity index (χ3n) is 4.55. The smallest absolute Gasteiger partial charge is 0.324 e. The molecule has 0 radical (unpaired) electrons. The topological polar surface area (TPSA) is 72.4 Å². The zero-order chi connectivity index (χ0) is 14.3. The van der Waals surface area contributed by atoms with E-state index in [1.807, 2.05) is 0 Å². The Morgan fingerprint density at radius 1 is 1.10 bits per heavy atom. The zero-order valence-electron chi connectivity index (χ0n) is 12.4. The van der Waals surface area contributed by atoms with Crippen molar-refractivity contribution in [3.8, 4) is 12.0 Å². The maximum Gasteiger partial charge on any atom is 0.324 e. The predicted molar refractivity (Wildman–Crippen MR) is 74.2 cm³/mol. The van der Waals surface area contributed by atoms with E-state index in [1.54, 1.807) is 14.2 Å². The number of methoxy groups -OCH3 is 2. The van der Waals surface area contributed by atoms with Crippen LogP contribution in [0.4, 0.5) is 5.95 Å². The molecular weight excluding hydrogens is 258 g/mol. The number of rotatable bonds is 3. The highest BCUT2D eigenvalue weighted by atomic mass is 16.5. The number of ether oxygens (including phenoxy) is 2. The molecule has 0 amide bonds. The standard InChI is InChI=1S/C13H21N5O2/c1-13(2)9-6-14-5-8(9)7-18(13)10-15-11(19-3)17-12(16-10)20-4/h8-9,14H,5-7H2,1-4H3. The molecule has 20 heavy (non-hydrogen) atoms. The SMILES string of the molecule is COc1nc(OC)nc(N2CC3CNCC3C2(C)C)n1. The van der Waals surface area contributed by atoms with E-state index >= 15 is 0 Å². The first-order valence-corrected chi connectivity index (χ1v) is 6.88. The molecule has 2 atom stereocenters. The molecule has 0 spiro atoms. The van der Waals surface area contributed by atoms with Crippen molar-refractivity contribution >= 4 is 5.95 Å². The van der Waals surface area contributed by atoms with Crippen LogP contribution in [0.1, 0.15) is 13.8 Å². The second kappa shape index (κ2) is 4.73. The normalized spacial score (nSPS) is 27.5. The average Bonchev–Trinajstić information content (AvgIpc) is 3.00. The Balaban J connectivity index is 1.96. The van der Waals surface area contributed by atoms with Crippen molar-refractivity contribution in [2.45, 2.75) is 19.4 Å². The molecule has 0 saturated carbocycles. The molecule has 7 nitrogen and oxygen atoms in total. The summed E-state index contributed by atoms with van der Waals surface area (Å²) in [6.07, 6.45) is 0. The van der Waals surface area contributed by atoms with Gasteiger partial charge in [0.1, 0.15) is 0 Å². The van der Waals surface area contributed by atoms with Gasteiger partial charge in [0.05, 0.1) is 14.2 Å². The summed E-state index contributed by atoms with van der Waals surface area (Å²) >= 11 is 0. The summed E-state index contributed by atoms with van der Waals surface area (Å²) in [5, 5.41) is 3.47. The maximum atomic E-state index is 5.14. The van der Waals surface area contributed by atoms with Crippen LogP contribution < -0.4 is 19.7 Å². The number of aromatic nitrogens is 3. The van der Waals surface area contributed by atoms with Crippen LogP contribution >= 0.6 is 0 Å². The molecule has 110 valence electrons. The van der Waals surface area contributed by atoms with E-state index in [9.17, 15) is 0 Å². The van der Waals surface area contributed by atoms with Gasteiger partial charge in [-0.15, -0.1) is 4.98 Å². The number of fused-ring (bicyclic) bond motifs is 1. The van der Waals surface area contributed by atoms with Gasteiger partial charge in [-0.1, -0.05) is 0 Å². The van der Waals surface area contributed by atoms with Crippen molar-refractivity contribution in [2.75, 3.05) is 38.8 Å². The number of nitrogens with one attached hydrogen (secondary N) is 1. The summed E-state index contributed by atoms with van der Waals surface area (Å²) < 4.78 is 10.3.